The van der Waals surface area contributed by atoms with Crippen molar-refractivity contribution >= 4 is 35.2 Å². The normalized spacial score (nSPS) is 15.5. The number of aliphatic carboxylic acids is 1. The molecule has 1 heterocycles. The predicted molar refractivity (Wildman–Crippen MR) is 152 cm³/mol. The second-order valence-corrected chi connectivity index (χ2v) is 9.95. The van der Waals surface area contributed by atoms with Crippen LogP contribution in [0.25, 0.3) is 5.70 Å². The summed E-state index contributed by atoms with van der Waals surface area (Å²) in [6.07, 6.45) is 1.42. The quantitative estimate of drug-likeness (QED) is 0.359. The zero-order valence-electron chi connectivity index (χ0n) is 24.4. The van der Waals surface area contributed by atoms with Gasteiger partial charge < -0.3 is 29.5 Å². The number of carbonyl (C=O) groups excluding carboxylic acids is 4. The van der Waals surface area contributed by atoms with Crippen LogP contribution in [-0.4, -0.2) is 84.3 Å². The first kappa shape index (κ1) is 31.7. The zero-order chi connectivity index (χ0) is 31.1. The van der Waals surface area contributed by atoms with Crippen molar-refractivity contribution in [2.24, 2.45) is 5.92 Å². The Balaban J connectivity index is 2.07. The van der Waals surface area contributed by atoms with Gasteiger partial charge in [0.1, 0.15) is 18.6 Å². The minimum atomic E-state index is -1.69. The molecule has 0 bridgehead atoms. The number of rotatable bonds is 12. The van der Waals surface area contributed by atoms with Gasteiger partial charge in [-0.05, 0) is 23.6 Å². The van der Waals surface area contributed by atoms with Crippen LogP contribution in [-0.2, 0) is 30.4 Å². The number of nitrogens with zero attached hydrogens (tertiary/aromatic N) is 2. The third-order valence-corrected chi connectivity index (χ3v) is 6.77. The molecule has 0 unspecified atom stereocenters. The van der Waals surface area contributed by atoms with E-state index in [0.29, 0.717) is 16.9 Å². The predicted octanol–water partition coefficient (Wildman–Crippen LogP) is 2.11. The maximum Gasteiger partial charge on any atom is 0.374 e. The van der Waals surface area contributed by atoms with Gasteiger partial charge in [-0.1, -0.05) is 44.2 Å². The number of hydrogen-bond donors (Lipinski definition) is 2. The van der Waals surface area contributed by atoms with Crippen LogP contribution >= 0.6 is 0 Å². The van der Waals surface area contributed by atoms with E-state index in [2.05, 4.69) is 5.32 Å². The number of carbonyl (C=O) groups is 5. The Hall–Kier alpha value is -4.87. The lowest BCUT2D eigenvalue weighted by Gasteiger charge is -2.40. The van der Waals surface area contributed by atoms with Crippen molar-refractivity contribution < 1.29 is 43.3 Å². The minimum absolute atomic E-state index is 0.0615. The summed E-state index contributed by atoms with van der Waals surface area (Å²) in [4.78, 5) is 66.5. The number of hydrogen-bond acceptors (Lipinski definition) is 8. The molecule has 0 aromatic heterocycles. The van der Waals surface area contributed by atoms with Crippen molar-refractivity contribution in [3.63, 3.8) is 0 Å². The van der Waals surface area contributed by atoms with Gasteiger partial charge in [0.2, 0.25) is 17.6 Å². The average molecular weight is 582 g/mol. The molecule has 224 valence electrons. The van der Waals surface area contributed by atoms with Crippen LogP contribution in [0.1, 0.15) is 31.9 Å². The summed E-state index contributed by atoms with van der Waals surface area (Å²) in [7, 11) is 4.29. The fourth-order valence-electron chi connectivity index (χ4n) is 4.79. The van der Waals surface area contributed by atoms with Gasteiger partial charge in [-0.15, -0.1) is 0 Å². The molecule has 1 aliphatic rings. The number of carboxylic acid groups (broad SMARTS) is 1. The largest absolute Gasteiger partial charge is 0.493 e. The molecule has 2 N–H and O–H groups in total. The van der Waals surface area contributed by atoms with E-state index in [-0.39, 0.29) is 35.4 Å². The molecule has 0 aliphatic carbocycles. The molecule has 2 aromatic carbocycles. The molecular formula is C30H35N3O9. The van der Waals surface area contributed by atoms with Gasteiger partial charge >= 0.3 is 5.97 Å². The van der Waals surface area contributed by atoms with Crippen molar-refractivity contribution in [3.8, 4) is 17.2 Å². The van der Waals surface area contributed by atoms with E-state index in [9.17, 15) is 29.1 Å². The molecule has 12 nitrogen and oxygen atoms in total. The molecule has 0 radical (unpaired) electrons. The number of nitrogens with one attached hydrogen (secondary N) is 1. The van der Waals surface area contributed by atoms with E-state index in [4.69, 9.17) is 14.2 Å². The van der Waals surface area contributed by atoms with Crippen molar-refractivity contribution in [1.29, 1.82) is 0 Å². The van der Waals surface area contributed by atoms with Crippen LogP contribution < -0.4 is 19.5 Å². The molecule has 12 heteroatoms. The Morgan fingerprint density at radius 2 is 1.57 bits per heavy atom. The topological polar surface area (TPSA) is 152 Å². The molecule has 3 amide bonds. The zero-order valence-corrected chi connectivity index (χ0v) is 24.4. The molecular weight excluding hydrogens is 546 g/mol. The highest BCUT2D eigenvalue weighted by atomic mass is 16.5. The van der Waals surface area contributed by atoms with Crippen molar-refractivity contribution in [2.75, 3.05) is 27.9 Å². The molecule has 0 fully saturated rings. The van der Waals surface area contributed by atoms with Gasteiger partial charge in [-0.3, -0.25) is 24.1 Å². The van der Waals surface area contributed by atoms with Crippen molar-refractivity contribution in [2.45, 2.75) is 39.3 Å². The van der Waals surface area contributed by atoms with Crippen LogP contribution in [0.15, 0.2) is 48.7 Å². The second kappa shape index (κ2) is 13.7. The first-order chi connectivity index (χ1) is 19.9. The van der Waals surface area contributed by atoms with E-state index in [1.165, 1.54) is 44.3 Å². The Kier molecular flexibility index (Phi) is 10.3. The highest BCUT2D eigenvalue weighted by Gasteiger charge is 2.41. The van der Waals surface area contributed by atoms with Crippen LogP contribution in [0.2, 0.25) is 0 Å². The van der Waals surface area contributed by atoms with Crippen LogP contribution in [0, 0.1) is 5.92 Å². The summed E-state index contributed by atoms with van der Waals surface area (Å²) < 4.78 is 16.3. The summed E-state index contributed by atoms with van der Waals surface area (Å²) in [5, 5.41) is 11.9. The molecule has 1 aliphatic heterocycles. The summed E-state index contributed by atoms with van der Waals surface area (Å²) >= 11 is 0. The van der Waals surface area contributed by atoms with Crippen molar-refractivity contribution in [1.82, 2.24) is 15.1 Å². The Labute approximate surface area is 243 Å². The number of amides is 3. The number of ketones is 1. The third-order valence-electron chi connectivity index (χ3n) is 6.77. The Morgan fingerprint density at radius 1 is 0.976 bits per heavy atom. The second-order valence-electron chi connectivity index (χ2n) is 9.95. The number of benzene rings is 2. The maximum atomic E-state index is 13.9. The van der Waals surface area contributed by atoms with E-state index in [1.807, 2.05) is 0 Å². The van der Waals surface area contributed by atoms with Gasteiger partial charge in [-0.2, -0.15) is 0 Å². The third kappa shape index (κ3) is 6.88. The number of Topliss-reactive ketones (excluding diaryl/α,β-unsaturated/α-hetero) is 1. The van der Waals surface area contributed by atoms with Gasteiger partial charge in [0.15, 0.2) is 11.5 Å². The number of methoxy groups -OCH3 is 3. The molecule has 0 saturated heterocycles. The van der Waals surface area contributed by atoms with Crippen LogP contribution in [0.3, 0.4) is 0 Å². The molecule has 0 saturated carbocycles. The van der Waals surface area contributed by atoms with E-state index < -0.39 is 42.2 Å². The first-order valence-electron chi connectivity index (χ1n) is 13.2. The lowest BCUT2D eigenvalue weighted by Crippen LogP contribution is -2.56. The van der Waals surface area contributed by atoms with Crippen LogP contribution in [0.4, 0.5) is 0 Å². The number of ether oxygens (including phenoxy) is 3. The first-order valence-corrected chi connectivity index (χ1v) is 13.2. The SMILES string of the molecule is COc1cc(C2=CN(C(C)=O)[C@@H](C(C)C)C(=O)N2CC(=O)N[C@@H](Cc2ccccc2)C(=O)C(=O)O)cc(OC)c1OC. The van der Waals surface area contributed by atoms with E-state index in [0.717, 1.165) is 0 Å². The Morgan fingerprint density at radius 3 is 2.05 bits per heavy atom. The standard InChI is InChI=1S/C30H35N3O9/c1-17(2)26-29(37)33(16-25(35)31-21(27(36)30(38)39)12-19-10-8-7-9-11-19)22(15-32(26)18(3)34)20-13-23(40-4)28(42-6)24(14-20)41-5/h7-11,13-15,17,21,26H,12,16H2,1-6H3,(H,31,35)(H,38,39)/t21-,26-/m0/s1. The summed E-state index contributed by atoms with van der Waals surface area (Å²) in [5.41, 5.74) is 1.20. The maximum absolute atomic E-state index is 13.9. The smallest absolute Gasteiger partial charge is 0.374 e. The average Bonchev–Trinajstić information content (AvgIpc) is 2.96. The molecule has 3 rings (SSSR count). The Bertz CT molecular complexity index is 1360. The summed E-state index contributed by atoms with van der Waals surface area (Å²) in [6.45, 7) is 4.32. The fraction of sp³-hybridized carbons (Fsp3) is 0.367. The fourth-order valence-corrected chi connectivity index (χ4v) is 4.79. The molecule has 42 heavy (non-hydrogen) atoms. The monoisotopic (exact) mass is 581 g/mol. The minimum Gasteiger partial charge on any atom is -0.493 e. The molecule has 0 spiro atoms. The highest BCUT2D eigenvalue weighted by molar-refractivity contribution is 6.35. The van der Waals surface area contributed by atoms with E-state index >= 15 is 0 Å². The molecule has 2 aromatic rings. The van der Waals surface area contributed by atoms with Gasteiger partial charge in [0.05, 0.1) is 27.0 Å². The van der Waals surface area contributed by atoms with Crippen LogP contribution in [0.5, 0.6) is 17.2 Å². The van der Waals surface area contributed by atoms with Gasteiger partial charge in [-0.25, -0.2) is 4.79 Å². The van der Waals surface area contributed by atoms with Crippen molar-refractivity contribution in [3.05, 3.63) is 59.8 Å². The summed E-state index contributed by atoms with van der Waals surface area (Å²) in [6, 6.07) is 9.50. The lowest BCUT2D eigenvalue weighted by molar-refractivity contribution is -0.150. The van der Waals surface area contributed by atoms with Gasteiger partial charge in [0.25, 0.3) is 11.7 Å². The number of carboxylic acids is 1. The summed E-state index contributed by atoms with van der Waals surface area (Å²) in [5.74, 6) is -4.03. The highest BCUT2D eigenvalue weighted by Crippen LogP contribution is 2.41. The molecule has 2 atom stereocenters. The van der Waals surface area contributed by atoms with E-state index in [1.54, 1.807) is 56.3 Å². The van der Waals surface area contributed by atoms with Gasteiger partial charge in [0, 0.05) is 25.1 Å². The lowest BCUT2D eigenvalue weighted by atomic mass is 9.96.